The maximum absolute atomic E-state index is 11.7. The first-order valence-electron chi connectivity index (χ1n) is 7.58. The van der Waals surface area contributed by atoms with E-state index in [9.17, 15) is 9.59 Å². The molecule has 0 N–H and O–H groups in total. The minimum atomic E-state index is -0.551. The van der Waals surface area contributed by atoms with Gasteiger partial charge < -0.3 is 9.47 Å². The van der Waals surface area contributed by atoms with E-state index in [0.717, 1.165) is 23.2 Å². The molecule has 132 valence electrons. The summed E-state index contributed by atoms with van der Waals surface area (Å²) in [6.07, 6.45) is 16.2. The van der Waals surface area contributed by atoms with Gasteiger partial charge in [0.05, 0.1) is 11.1 Å². The minimum Gasteiger partial charge on any atom is -0.386 e. The number of allylic oxidation sites excluding steroid dienone is 2. The minimum absolute atomic E-state index is 0. The van der Waals surface area contributed by atoms with Crippen LogP contribution in [-0.4, -0.2) is 19.0 Å². The number of ether oxygens (including phenoxy) is 2. The summed E-state index contributed by atoms with van der Waals surface area (Å²) in [5.41, 5.74) is 2.36. The molecule has 10 radical (unpaired) electrons. The number of hydrogen-bond acceptors (Lipinski definition) is 4. The molecule has 5 heteroatoms. The molecule has 0 atom stereocenters. The van der Waals surface area contributed by atoms with Crippen LogP contribution in [0.5, 0.6) is 0 Å². The molecule has 4 nitrogen and oxygen atoms in total. The summed E-state index contributed by atoms with van der Waals surface area (Å²) in [5, 5.41) is 0. The predicted molar refractivity (Wildman–Crippen MR) is 90.1 cm³/mol. The van der Waals surface area contributed by atoms with Crippen molar-refractivity contribution >= 4 is 11.9 Å². The second-order valence-corrected chi connectivity index (χ2v) is 5.55. The normalized spacial score (nSPS) is 23.1. The van der Waals surface area contributed by atoms with E-state index >= 15 is 0 Å². The largest absolute Gasteiger partial charge is 0.386 e. The van der Waals surface area contributed by atoms with Crippen LogP contribution in [0.4, 0.5) is 0 Å². The number of esters is 2. The summed E-state index contributed by atoms with van der Waals surface area (Å²) in [6.45, 7) is 5.42. The Morgan fingerprint density at radius 1 is 0.840 bits per heavy atom. The monoisotopic (exact) mass is 380 g/mol. The summed E-state index contributed by atoms with van der Waals surface area (Å²) in [6, 6.07) is 0. The van der Waals surface area contributed by atoms with E-state index in [1.165, 1.54) is 0 Å². The van der Waals surface area contributed by atoms with Gasteiger partial charge in [-0.2, -0.15) is 0 Å². The Balaban J connectivity index is 0.000000330. The topological polar surface area (TPSA) is 52.6 Å². The van der Waals surface area contributed by atoms with Crippen molar-refractivity contribution in [2.24, 2.45) is 0 Å². The standard InChI is InChI=1S/C14H13O3.C6H7O.Fe/c1-8(2)11-12(14(16)17-13(11)15)9(3)10-6-4-5-7-10;1-7-6-4-2-3-5-6;/h4-7H,1-3H3;2-5H,1H3;/b12-9+;;. The first-order chi connectivity index (χ1) is 11.5. The van der Waals surface area contributed by atoms with E-state index in [2.05, 4.69) is 4.74 Å². The molecule has 3 rings (SSSR count). The fourth-order valence-electron chi connectivity index (χ4n) is 2.45. The van der Waals surface area contributed by atoms with Crippen molar-refractivity contribution in [3.05, 3.63) is 85.7 Å². The Morgan fingerprint density at radius 3 is 1.76 bits per heavy atom. The van der Waals surface area contributed by atoms with Crippen molar-refractivity contribution in [1.82, 2.24) is 0 Å². The van der Waals surface area contributed by atoms with Crippen LogP contribution in [-0.2, 0) is 36.1 Å². The van der Waals surface area contributed by atoms with Crippen LogP contribution < -0.4 is 0 Å². The SMILES string of the molecule is CC(C)=C1C(=O)OC(=O)/C1=C(\C)[C]1[CH][CH][CH][CH]1.CO[C]1[CH][CH][CH][CH]1.[Fe]. The van der Waals surface area contributed by atoms with E-state index in [1.807, 2.05) is 58.3 Å². The van der Waals surface area contributed by atoms with Gasteiger partial charge in [-0.05, 0) is 59.3 Å². The quantitative estimate of drug-likeness (QED) is 0.320. The molecule has 25 heavy (non-hydrogen) atoms. The maximum atomic E-state index is 11.7. The van der Waals surface area contributed by atoms with Crippen molar-refractivity contribution in [2.45, 2.75) is 20.8 Å². The molecule has 1 saturated heterocycles. The summed E-state index contributed by atoms with van der Waals surface area (Å²) in [7, 11) is 1.66. The van der Waals surface area contributed by atoms with Gasteiger partial charge in [0.15, 0.2) is 0 Å². The van der Waals surface area contributed by atoms with Crippen LogP contribution in [0.15, 0.2) is 22.3 Å². The van der Waals surface area contributed by atoms with Gasteiger partial charge in [-0.3, -0.25) is 0 Å². The number of carbonyl (C=O) groups is 2. The second-order valence-electron chi connectivity index (χ2n) is 5.55. The number of cyclic esters (lactones) is 2. The van der Waals surface area contributed by atoms with Gasteiger partial charge in [0.1, 0.15) is 6.10 Å². The molecule has 3 aliphatic rings. The Bertz CT molecular complexity index is 546. The third-order valence-corrected chi connectivity index (χ3v) is 3.68. The van der Waals surface area contributed by atoms with E-state index in [0.29, 0.717) is 11.1 Å². The van der Waals surface area contributed by atoms with Crippen molar-refractivity contribution in [3.8, 4) is 0 Å². The molecule has 0 aromatic carbocycles. The van der Waals surface area contributed by atoms with Crippen LogP contribution in [0.2, 0.25) is 0 Å². The Kier molecular flexibility index (Phi) is 9.12. The van der Waals surface area contributed by atoms with Gasteiger partial charge in [0, 0.05) is 42.9 Å². The van der Waals surface area contributed by atoms with Gasteiger partial charge in [0.25, 0.3) is 0 Å². The number of methoxy groups -OCH3 is 1. The molecule has 0 bridgehead atoms. The average molecular weight is 380 g/mol. The van der Waals surface area contributed by atoms with E-state index in [-0.39, 0.29) is 17.1 Å². The average Bonchev–Trinajstić information content (AvgIpc) is 3.28. The third kappa shape index (κ3) is 5.54. The molecule has 1 aliphatic heterocycles. The van der Waals surface area contributed by atoms with E-state index < -0.39 is 11.9 Å². The Morgan fingerprint density at radius 2 is 1.32 bits per heavy atom. The van der Waals surface area contributed by atoms with Crippen LogP contribution in [0.1, 0.15) is 20.8 Å². The van der Waals surface area contributed by atoms with Crippen LogP contribution in [0.25, 0.3) is 0 Å². The zero-order chi connectivity index (χ0) is 17.7. The van der Waals surface area contributed by atoms with Gasteiger partial charge in [-0.15, -0.1) is 0 Å². The molecule has 3 fully saturated rings. The molecule has 1 heterocycles. The third-order valence-electron chi connectivity index (χ3n) is 3.68. The van der Waals surface area contributed by atoms with Gasteiger partial charge in [-0.1, -0.05) is 11.1 Å². The smallest absolute Gasteiger partial charge is 0.346 e. The van der Waals surface area contributed by atoms with Crippen molar-refractivity contribution in [3.63, 3.8) is 0 Å². The fraction of sp³-hybridized carbons (Fsp3) is 0.200. The zero-order valence-electron chi connectivity index (χ0n) is 14.6. The Labute approximate surface area is 161 Å². The fourth-order valence-corrected chi connectivity index (χ4v) is 2.45. The zero-order valence-corrected chi connectivity index (χ0v) is 15.7. The molecule has 2 aliphatic carbocycles. The summed E-state index contributed by atoms with van der Waals surface area (Å²) < 4.78 is 9.53. The van der Waals surface area contributed by atoms with Gasteiger partial charge >= 0.3 is 11.9 Å². The second kappa shape index (κ2) is 10.3. The van der Waals surface area contributed by atoms with Gasteiger partial charge in [-0.25, -0.2) is 9.59 Å². The van der Waals surface area contributed by atoms with Crippen LogP contribution >= 0.6 is 0 Å². The van der Waals surface area contributed by atoms with E-state index in [1.54, 1.807) is 21.0 Å². The predicted octanol–water partition coefficient (Wildman–Crippen LogP) is 3.12. The van der Waals surface area contributed by atoms with Crippen LogP contribution in [0.3, 0.4) is 0 Å². The summed E-state index contributed by atoms with van der Waals surface area (Å²) >= 11 is 0. The molecule has 0 aromatic heterocycles. The summed E-state index contributed by atoms with van der Waals surface area (Å²) in [5.74, 6) is -0.161. The molecule has 0 amide bonds. The first-order valence-corrected chi connectivity index (χ1v) is 7.58. The number of rotatable bonds is 2. The first kappa shape index (κ1) is 22.1. The molecular formula is C20H20FeO4. The number of hydrogen-bond donors (Lipinski definition) is 0. The van der Waals surface area contributed by atoms with Crippen LogP contribution in [0, 0.1) is 63.4 Å². The molecule has 0 aromatic rings. The van der Waals surface area contributed by atoms with Crippen molar-refractivity contribution in [1.29, 1.82) is 0 Å². The summed E-state index contributed by atoms with van der Waals surface area (Å²) in [4.78, 5) is 23.3. The van der Waals surface area contributed by atoms with E-state index in [4.69, 9.17) is 4.74 Å². The maximum Gasteiger partial charge on any atom is 0.346 e. The molecule has 0 unspecified atom stereocenters. The van der Waals surface area contributed by atoms with Crippen molar-refractivity contribution < 1.29 is 36.1 Å². The van der Waals surface area contributed by atoms with Crippen molar-refractivity contribution in [2.75, 3.05) is 7.11 Å². The number of carbonyl (C=O) groups excluding carboxylic acids is 2. The van der Waals surface area contributed by atoms with Gasteiger partial charge in [0.2, 0.25) is 0 Å². The molecule has 0 spiro atoms. The molecular weight excluding hydrogens is 360 g/mol. The molecule has 2 saturated carbocycles. The Hall–Kier alpha value is -0.901.